The molecule has 1 fully saturated rings. The highest BCUT2D eigenvalue weighted by Gasteiger charge is 2.31. The third-order valence-electron chi connectivity index (χ3n) is 4.21. The summed E-state index contributed by atoms with van der Waals surface area (Å²) in [4.78, 5) is 46.6. The van der Waals surface area contributed by atoms with E-state index in [1.165, 1.54) is 10.8 Å². The molecule has 0 aromatic carbocycles. The molecule has 11 nitrogen and oxygen atoms in total. The molecule has 0 saturated carbocycles. The van der Waals surface area contributed by atoms with Gasteiger partial charge in [-0.3, -0.25) is 28.2 Å². The van der Waals surface area contributed by atoms with Crippen LogP contribution >= 0.6 is 7.82 Å². The van der Waals surface area contributed by atoms with Crippen molar-refractivity contribution in [1.82, 2.24) is 9.55 Å². The number of phosphoric ester groups is 1. The summed E-state index contributed by atoms with van der Waals surface area (Å²) in [6.07, 6.45) is 1.68. The molecule has 12 heteroatoms. The van der Waals surface area contributed by atoms with Crippen LogP contribution in [0.25, 0.3) is 0 Å². The summed E-state index contributed by atoms with van der Waals surface area (Å²) in [7, 11) is -4.34. The topological polar surface area (TPSA) is 157 Å². The number of aryl methyl sites for hydroxylation is 1. The highest BCUT2D eigenvalue weighted by molar-refractivity contribution is 7.47. The molecule has 1 aromatic heterocycles. The number of H-pyrrole nitrogens is 1. The van der Waals surface area contributed by atoms with Gasteiger partial charge >= 0.3 is 13.5 Å². The number of aliphatic hydroxyl groups excluding tert-OH is 1. The minimum atomic E-state index is -4.34. The Balaban J connectivity index is 1.78. The first-order valence-electron chi connectivity index (χ1n) is 8.94. The summed E-state index contributed by atoms with van der Waals surface area (Å²) in [5.41, 5.74) is -0.693. The molecule has 2 heterocycles. The summed E-state index contributed by atoms with van der Waals surface area (Å²) in [6.45, 7) is 0.984. The monoisotopic (exact) mass is 420 g/mol. The Morgan fingerprint density at radius 3 is 2.82 bits per heavy atom. The van der Waals surface area contributed by atoms with Gasteiger partial charge in [-0.1, -0.05) is 0 Å². The summed E-state index contributed by atoms with van der Waals surface area (Å²) in [5.74, 6) is -0.183. The lowest BCUT2D eigenvalue weighted by Gasteiger charge is -2.17. The van der Waals surface area contributed by atoms with Crippen LogP contribution in [0.1, 0.15) is 43.9 Å². The van der Waals surface area contributed by atoms with E-state index < -0.39 is 31.4 Å². The SMILES string of the molecule is Cc1cn([C@H]2CC[C@@H](COP(=O)(O)OCCC(=O)CCCO)O2)c(=O)[nH]c1=O. The molecular weight excluding hydrogens is 395 g/mol. The van der Waals surface area contributed by atoms with Crippen LogP contribution in [0.15, 0.2) is 15.8 Å². The maximum atomic E-state index is 11.9. The van der Waals surface area contributed by atoms with E-state index in [4.69, 9.17) is 18.9 Å². The lowest BCUT2D eigenvalue weighted by atomic mass is 10.2. The normalized spacial score (nSPS) is 21.5. The summed E-state index contributed by atoms with van der Waals surface area (Å²) in [5, 5.41) is 8.64. The van der Waals surface area contributed by atoms with E-state index in [0.29, 0.717) is 24.8 Å². The number of Topliss-reactive ketones (excluding diaryl/α,β-unsaturated/α-hetero) is 1. The van der Waals surface area contributed by atoms with Crippen molar-refractivity contribution in [3.05, 3.63) is 32.6 Å². The first-order chi connectivity index (χ1) is 13.2. The highest BCUT2D eigenvalue weighted by atomic mass is 31.2. The third-order valence-corrected chi connectivity index (χ3v) is 5.20. The molecule has 1 saturated heterocycles. The molecule has 1 aliphatic heterocycles. The zero-order chi connectivity index (χ0) is 20.7. The van der Waals surface area contributed by atoms with E-state index in [9.17, 15) is 23.8 Å². The van der Waals surface area contributed by atoms with E-state index in [0.717, 1.165) is 0 Å². The van der Waals surface area contributed by atoms with E-state index >= 15 is 0 Å². The van der Waals surface area contributed by atoms with Crippen LogP contribution in [0.3, 0.4) is 0 Å². The van der Waals surface area contributed by atoms with Crippen molar-refractivity contribution in [2.75, 3.05) is 19.8 Å². The fourth-order valence-corrected chi connectivity index (χ4v) is 3.46. The summed E-state index contributed by atoms with van der Waals surface area (Å²) in [6, 6.07) is 0. The zero-order valence-electron chi connectivity index (χ0n) is 15.5. The average Bonchev–Trinajstić information content (AvgIpc) is 3.10. The molecule has 1 aromatic rings. The van der Waals surface area contributed by atoms with Gasteiger partial charge in [0.2, 0.25) is 0 Å². The fourth-order valence-electron chi connectivity index (χ4n) is 2.70. The molecule has 0 amide bonds. The van der Waals surface area contributed by atoms with Gasteiger partial charge in [0.15, 0.2) is 0 Å². The van der Waals surface area contributed by atoms with E-state index in [2.05, 4.69) is 4.98 Å². The van der Waals surface area contributed by atoms with Crippen LogP contribution in [0.4, 0.5) is 0 Å². The Bertz CT molecular complexity index is 834. The van der Waals surface area contributed by atoms with Gasteiger partial charge < -0.3 is 14.7 Å². The maximum Gasteiger partial charge on any atom is 0.472 e. The molecule has 158 valence electrons. The largest absolute Gasteiger partial charge is 0.472 e. The summed E-state index contributed by atoms with van der Waals surface area (Å²) >= 11 is 0. The maximum absolute atomic E-state index is 11.9. The minimum Gasteiger partial charge on any atom is -0.396 e. The van der Waals surface area contributed by atoms with Gasteiger partial charge in [-0.05, 0) is 26.2 Å². The van der Waals surface area contributed by atoms with Crippen molar-refractivity contribution in [3.8, 4) is 0 Å². The number of carbonyl (C=O) groups excluding carboxylic acids is 1. The van der Waals surface area contributed by atoms with Crippen LogP contribution in [0, 0.1) is 6.92 Å². The molecule has 2 rings (SSSR count). The van der Waals surface area contributed by atoms with Gasteiger partial charge in [-0.15, -0.1) is 0 Å². The van der Waals surface area contributed by atoms with Gasteiger partial charge in [-0.25, -0.2) is 9.36 Å². The van der Waals surface area contributed by atoms with Crippen LogP contribution < -0.4 is 11.2 Å². The van der Waals surface area contributed by atoms with Crippen molar-refractivity contribution in [2.45, 2.75) is 51.4 Å². The van der Waals surface area contributed by atoms with Gasteiger partial charge in [0.1, 0.15) is 12.0 Å². The molecular formula is C16H25N2O9P. The van der Waals surface area contributed by atoms with Gasteiger partial charge in [0.05, 0.1) is 19.3 Å². The molecule has 0 aliphatic carbocycles. The number of ketones is 1. The van der Waals surface area contributed by atoms with E-state index in [1.807, 2.05) is 0 Å². The third kappa shape index (κ3) is 6.77. The molecule has 0 spiro atoms. The number of hydrogen-bond acceptors (Lipinski definition) is 8. The standard InChI is InChI=1S/C16H25N2O9P/c1-11-9-18(16(22)17-15(11)21)14-5-4-13(27-14)10-26-28(23,24)25-8-6-12(20)3-2-7-19/h9,13-14,19H,2-8,10H2,1H3,(H,23,24)(H,17,21,22)/t13-,14+/m0/s1. The number of aromatic amines is 1. The zero-order valence-corrected chi connectivity index (χ0v) is 16.4. The number of rotatable bonds is 11. The Kier molecular flexibility index (Phi) is 8.29. The van der Waals surface area contributed by atoms with Crippen LogP contribution in [0.2, 0.25) is 0 Å². The first-order valence-corrected chi connectivity index (χ1v) is 10.4. The second-order valence-electron chi connectivity index (χ2n) is 6.48. The van der Waals surface area contributed by atoms with E-state index in [-0.39, 0.29) is 38.4 Å². The fraction of sp³-hybridized carbons (Fsp3) is 0.688. The molecule has 0 bridgehead atoms. The Morgan fingerprint density at radius 1 is 1.36 bits per heavy atom. The number of phosphoric acid groups is 1. The second kappa shape index (κ2) is 10.2. The van der Waals surface area contributed by atoms with Gasteiger partial charge in [-0.2, -0.15) is 0 Å². The smallest absolute Gasteiger partial charge is 0.396 e. The first kappa shape index (κ1) is 22.7. The number of ether oxygens (including phenoxy) is 1. The Labute approximate surface area is 160 Å². The number of aromatic nitrogens is 2. The molecule has 1 unspecified atom stereocenters. The van der Waals surface area contributed by atoms with Gasteiger partial charge in [0, 0.05) is 31.2 Å². The van der Waals surface area contributed by atoms with Crippen LogP contribution in [0.5, 0.6) is 0 Å². The average molecular weight is 420 g/mol. The number of aliphatic hydroxyl groups is 1. The van der Waals surface area contributed by atoms with Crippen molar-refractivity contribution in [3.63, 3.8) is 0 Å². The molecule has 0 radical (unpaired) electrons. The van der Waals surface area contributed by atoms with Crippen molar-refractivity contribution >= 4 is 13.6 Å². The highest BCUT2D eigenvalue weighted by Crippen LogP contribution is 2.44. The Morgan fingerprint density at radius 2 is 2.11 bits per heavy atom. The molecule has 3 N–H and O–H groups in total. The quantitative estimate of drug-likeness (QED) is 0.431. The number of nitrogens with zero attached hydrogens (tertiary/aromatic N) is 1. The molecule has 1 aliphatic rings. The number of hydrogen-bond donors (Lipinski definition) is 3. The van der Waals surface area contributed by atoms with E-state index in [1.54, 1.807) is 6.92 Å². The minimum absolute atomic E-state index is 0.0512. The van der Waals surface area contributed by atoms with Crippen molar-refractivity contribution in [2.24, 2.45) is 0 Å². The molecule has 3 atom stereocenters. The summed E-state index contributed by atoms with van der Waals surface area (Å²) < 4.78 is 28.4. The Hall–Kier alpha value is -1.62. The van der Waals surface area contributed by atoms with Crippen molar-refractivity contribution < 1.29 is 33.1 Å². The predicted molar refractivity (Wildman–Crippen MR) is 96.9 cm³/mol. The second-order valence-corrected chi connectivity index (χ2v) is 7.94. The lowest BCUT2D eigenvalue weighted by molar-refractivity contribution is -0.119. The predicted octanol–water partition coefficient (Wildman–Crippen LogP) is 0.388. The van der Waals surface area contributed by atoms with Crippen LogP contribution in [-0.4, -0.2) is 51.3 Å². The molecule has 28 heavy (non-hydrogen) atoms. The van der Waals surface area contributed by atoms with Crippen LogP contribution in [-0.2, 0) is 23.1 Å². The lowest BCUT2D eigenvalue weighted by Crippen LogP contribution is -2.33. The number of nitrogens with one attached hydrogen (secondary N) is 1. The van der Waals surface area contributed by atoms with Gasteiger partial charge in [0.25, 0.3) is 5.56 Å². The van der Waals surface area contributed by atoms with Crippen molar-refractivity contribution in [1.29, 1.82) is 0 Å². The number of carbonyl (C=O) groups is 1.